The van der Waals surface area contributed by atoms with Gasteiger partial charge in [0.2, 0.25) is 0 Å². The van der Waals surface area contributed by atoms with E-state index in [1.165, 1.54) is 63.6 Å². The first-order valence-electron chi connectivity index (χ1n) is 8.13. The minimum Gasteiger partial charge on any atom is -0.330 e. The molecule has 1 aromatic heterocycles. The van der Waals surface area contributed by atoms with Crippen LogP contribution in [0.15, 0.2) is 12.5 Å². The number of nitrogens with one attached hydrogen (secondary N) is 1. The second-order valence-electron chi connectivity index (χ2n) is 6.31. The van der Waals surface area contributed by atoms with E-state index in [4.69, 9.17) is 0 Å². The van der Waals surface area contributed by atoms with Gasteiger partial charge in [0, 0.05) is 18.3 Å². The van der Waals surface area contributed by atoms with E-state index in [-0.39, 0.29) is 0 Å². The van der Waals surface area contributed by atoms with Crippen molar-refractivity contribution in [1.29, 1.82) is 0 Å². The Morgan fingerprint density at radius 3 is 2.74 bits per heavy atom. The number of aromatic nitrogens is 2. The van der Waals surface area contributed by atoms with Gasteiger partial charge in [0.25, 0.3) is 0 Å². The van der Waals surface area contributed by atoms with Crippen LogP contribution in [0.4, 0.5) is 0 Å². The molecule has 106 valence electrons. The van der Waals surface area contributed by atoms with E-state index >= 15 is 0 Å². The molecule has 1 atom stereocenters. The van der Waals surface area contributed by atoms with Crippen LogP contribution >= 0.6 is 0 Å². The maximum atomic E-state index is 4.43. The first-order chi connectivity index (χ1) is 9.38. The van der Waals surface area contributed by atoms with Crippen LogP contribution in [0.25, 0.3) is 0 Å². The van der Waals surface area contributed by atoms with Crippen LogP contribution in [0.5, 0.6) is 0 Å². The zero-order chi connectivity index (χ0) is 13.1. The Morgan fingerprint density at radius 2 is 2.05 bits per heavy atom. The van der Waals surface area contributed by atoms with Crippen LogP contribution in [0, 0.1) is 5.92 Å². The van der Waals surface area contributed by atoms with Gasteiger partial charge in [-0.3, -0.25) is 0 Å². The Hall–Kier alpha value is -0.830. The summed E-state index contributed by atoms with van der Waals surface area (Å²) in [6.45, 7) is 3.50. The van der Waals surface area contributed by atoms with Crippen molar-refractivity contribution in [2.45, 2.75) is 70.4 Å². The van der Waals surface area contributed by atoms with Crippen molar-refractivity contribution < 1.29 is 0 Å². The number of hydrogen-bond donors (Lipinski definition) is 1. The van der Waals surface area contributed by atoms with Gasteiger partial charge >= 0.3 is 0 Å². The smallest absolute Gasteiger partial charge is 0.0951 e. The van der Waals surface area contributed by atoms with E-state index in [0.717, 1.165) is 5.92 Å². The lowest BCUT2D eigenvalue weighted by molar-refractivity contribution is 0.259. The molecule has 1 aromatic rings. The molecule has 2 heterocycles. The van der Waals surface area contributed by atoms with Gasteiger partial charge in [0.1, 0.15) is 0 Å². The Kier molecular flexibility index (Phi) is 4.21. The number of hydrogen-bond acceptors (Lipinski definition) is 2. The van der Waals surface area contributed by atoms with E-state index in [1.54, 1.807) is 0 Å². The zero-order valence-corrected chi connectivity index (χ0v) is 12.1. The molecule has 1 saturated heterocycles. The van der Waals surface area contributed by atoms with Crippen LogP contribution in [0.1, 0.15) is 76.1 Å². The van der Waals surface area contributed by atoms with Crippen LogP contribution in [-0.2, 0) is 0 Å². The second kappa shape index (κ2) is 6.08. The predicted octanol–water partition coefficient (Wildman–Crippen LogP) is 3.84. The van der Waals surface area contributed by atoms with Crippen LogP contribution in [-0.4, -0.2) is 16.1 Å². The van der Waals surface area contributed by atoms with Crippen molar-refractivity contribution in [3.05, 3.63) is 18.2 Å². The summed E-state index contributed by atoms with van der Waals surface area (Å²) >= 11 is 0. The Labute approximate surface area is 116 Å². The predicted molar refractivity (Wildman–Crippen MR) is 78.1 cm³/mol. The fourth-order valence-corrected chi connectivity index (χ4v) is 3.83. The van der Waals surface area contributed by atoms with E-state index in [0.29, 0.717) is 12.1 Å². The van der Waals surface area contributed by atoms with E-state index < -0.39 is 0 Å². The standard InChI is InChI=1S/C16H27N3/c1-2-13-6-8-14(9-7-13)19-12-17-11-16(19)15-5-3-4-10-18-15/h11-15,18H,2-10H2,1H3. The number of rotatable bonds is 3. The second-order valence-corrected chi connectivity index (χ2v) is 6.31. The normalized spacial score (nSPS) is 32.4. The molecule has 1 unspecified atom stereocenters. The molecule has 19 heavy (non-hydrogen) atoms. The summed E-state index contributed by atoms with van der Waals surface area (Å²) in [5.74, 6) is 0.969. The molecule has 0 bridgehead atoms. The highest BCUT2D eigenvalue weighted by Crippen LogP contribution is 2.35. The molecule has 2 aliphatic rings. The first-order valence-corrected chi connectivity index (χ1v) is 8.13. The van der Waals surface area contributed by atoms with Gasteiger partial charge in [0.05, 0.1) is 12.0 Å². The molecule has 0 spiro atoms. The van der Waals surface area contributed by atoms with Gasteiger partial charge in [-0.1, -0.05) is 19.8 Å². The summed E-state index contributed by atoms with van der Waals surface area (Å²) in [7, 11) is 0. The minimum atomic E-state index is 0.542. The maximum absolute atomic E-state index is 4.43. The van der Waals surface area contributed by atoms with Crippen molar-refractivity contribution in [1.82, 2.24) is 14.9 Å². The Morgan fingerprint density at radius 1 is 1.21 bits per heavy atom. The monoisotopic (exact) mass is 261 g/mol. The highest BCUT2D eigenvalue weighted by atomic mass is 15.1. The number of piperidine rings is 1. The van der Waals surface area contributed by atoms with Gasteiger partial charge in [-0.25, -0.2) is 4.98 Å². The van der Waals surface area contributed by atoms with Crippen LogP contribution in [0.3, 0.4) is 0 Å². The molecule has 3 nitrogen and oxygen atoms in total. The molecule has 1 N–H and O–H groups in total. The maximum Gasteiger partial charge on any atom is 0.0951 e. The highest BCUT2D eigenvalue weighted by Gasteiger charge is 2.25. The van der Waals surface area contributed by atoms with Crippen molar-refractivity contribution in [2.24, 2.45) is 5.92 Å². The van der Waals surface area contributed by atoms with E-state index in [9.17, 15) is 0 Å². The zero-order valence-electron chi connectivity index (χ0n) is 12.1. The third-order valence-electron chi connectivity index (χ3n) is 5.15. The Bertz CT molecular complexity index is 384. The van der Waals surface area contributed by atoms with Crippen LogP contribution in [0.2, 0.25) is 0 Å². The topological polar surface area (TPSA) is 29.9 Å². The molecular formula is C16H27N3. The largest absolute Gasteiger partial charge is 0.330 e. The molecule has 0 radical (unpaired) electrons. The van der Waals surface area contributed by atoms with Crippen molar-refractivity contribution >= 4 is 0 Å². The summed E-state index contributed by atoms with van der Waals surface area (Å²) in [6.07, 6.45) is 15.0. The highest BCUT2D eigenvalue weighted by molar-refractivity contribution is 5.08. The average Bonchev–Trinajstić information content (AvgIpc) is 2.98. The molecule has 1 saturated carbocycles. The molecule has 3 heteroatoms. The SMILES string of the molecule is CCC1CCC(n2cncc2C2CCCCN2)CC1. The molecule has 0 amide bonds. The minimum absolute atomic E-state index is 0.542. The van der Waals surface area contributed by atoms with Gasteiger partial charge < -0.3 is 9.88 Å². The molecule has 1 aliphatic carbocycles. The lowest BCUT2D eigenvalue weighted by atomic mass is 9.84. The van der Waals surface area contributed by atoms with Gasteiger partial charge in [-0.2, -0.15) is 0 Å². The molecule has 2 fully saturated rings. The van der Waals surface area contributed by atoms with Crippen molar-refractivity contribution in [3.63, 3.8) is 0 Å². The third kappa shape index (κ3) is 2.86. The fraction of sp³-hybridized carbons (Fsp3) is 0.812. The van der Waals surface area contributed by atoms with Gasteiger partial charge in [-0.05, 0) is 51.0 Å². The Balaban J connectivity index is 1.69. The lowest BCUT2D eigenvalue weighted by Crippen LogP contribution is -2.30. The third-order valence-corrected chi connectivity index (χ3v) is 5.15. The quantitative estimate of drug-likeness (QED) is 0.896. The fourth-order valence-electron chi connectivity index (χ4n) is 3.83. The summed E-state index contributed by atoms with van der Waals surface area (Å²) in [6, 6.07) is 1.24. The van der Waals surface area contributed by atoms with Crippen LogP contribution < -0.4 is 5.32 Å². The van der Waals surface area contributed by atoms with Crippen molar-refractivity contribution in [3.8, 4) is 0 Å². The van der Waals surface area contributed by atoms with E-state index in [2.05, 4.69) is 34.3 Å². The molecule has 1 aliphatic heterocycles. The molecule has 0 aromatic carbocycles. The number of imidazole rings is 1. The summed E-state index contributed by atoms with van der Waals surface area (Å²) < 4.78 is 2.48. The average molecular weight is 261 g/mol. The van der Waals surface area contributed by atoms with Gasteiger partial charge in [0.15, 0.2) is 0 Å². The van der Waals surface area contributed by atoms with Crippen molar-refractivity contribution in [2.75, 3.05) is 6.54 Å². The summed E-state index contributed by atoms with van der Waals surface area (Å²) in [4.78, 5) is 4.43. The lowest BCUT2D eigenvalue weighted by Gasteiger charge is -2.32. The van der Waals surface area contributed by atoms with E-state index in [1.807, 2.05) is 0 Å². The molecular weight excluding hydrogens is 234 g/mol. The molecule has 3 rings (SSSR count). The number of nitrogens with zero attached hydrogens (tertiary/aromatic N) is 2. The summed E-state index contributed by atoms with van der Waals surface area (Å²) in [5.41, 5.74) is 1.43. The first kappa shape index (κ1) is 13.2. The summed E-state index contributed by atoms with van der Waals surface area (Å²) in [5, 5.41) is 3.66. The van der Waals surface area contributed by atoms with Gasteiger partial charge in [-0.15, -0.1) is 0 Å².